The van der Waals surface area contributed by atoms with E-state index in [1.165, 1.54) is 10.5 Å². The highest BCUT2D eigenvalue weighted by molar-refractivity contribution is 5.96. The van der Waals surface area contributed by atoms with Crippen molar-refractivity contribution in [3.8, 4) is 11.5 Å². The van der Waals surface area contributed by atoms with Gasteiger partial charge in [-0.1, -0.05) is 25.5 Å². The molecule has 1 amide bonds. The molecule has 1 aromatic carbocycles. The Morgan fingerprint density at radius 3 is 2.66 bits per heavy atom. The molecular weight excluding hydrogens is 446 g/mol. The molecule has 0 saturated carbocycles. The zero-order valence-electron chi connectivity index (χ0n) is 20.1. The lowest BCUT2D eigenvalue weighted by Gasteiger charge is -2.14. The third-order valence-corrected chi connectivity index (χ3v) is 5.95. The number of carbonyl (C=O) groups excluding carboxylic acids is 1. The van der Waals surface area contributed by atoms with Crippen LogP contribution >= 0.6 is 0 Å². The lowest BCUT2D eigenvalue weighted by Crippen LogP contribution is -2.35. The van der Waals surface area contributed by atoms with E-state index in [-0.39, 0.29) is 16.6 Å². The highest BCUT2D eigenvalue weighted by atomic mass is 16.5. The molecule has 0 fully saturated rings. The van der Waals surface area contributed by atoms with E-state index in [2.05, 4.69) is 17.2 Å². The molecule has 3 aromatic heterocycles. The number of hydrogen-bond acceptors (Lipinski definition) is 6. The van der Waals surface area contributed by atoms with Crippen LogP contribution < -0.4 is 25.8 Å². The molecule has 0 aliphatic carbocycles. The summed E-state index contributed by atoms with van der Waals surface area (Å²) in [7, 11) is 3.16. The number of fused-ring (bicyclic) bond motifs is 2. The average molecular weight is 476 g/mol. The second-order valence-corrected chi connectivity index (χ2v) is 8.19. The van der Waals surface area contributed by atoms with Crippen LogP contribution in [0.2, 0.25) is 0 Å². The van der Waals surface area contributed by atoms with Gasteiger partial charge in [-0.15, -0.1) is 0 Å². The number of methoxy groups -OCH3 is 2. The van der Waals surface area contributed by atoms with Crippen molar-refractivity contribution in [3.63, 3.8) is 0 Å². The van der Waals surface area contributed by atoms with Crippen LogP contribution in [-0.4, -0.2) is 40.6 Å². The topological polar surface area (TPSA) is 111 Å². The highest BCUT2D eigenvalue weighted by Gasteiger charge is 2.17. The molecule has 4 aromatic rings. The number of nitrogens with one attached hydrogen (secondary N) is 2. The van der Waals surface area contributed by atoms with Crippen molar-refractivity contribution in [1.29, 1.82) is 5.41 Å². The summed E-state index contributed by atoms with van der Waals surface area (Å²) in [6, 6.07) is 12.4. The SMILES string of the molecule is CCCCn1c(=N)c(C(=O)NCCc2ccc(OC)c(OC)c2)cc2c(=O)n3ccccc3nc21. The average Bonchev–Trinajstić information content (AvgIpc) is 2.88. The molecule has 2 N–H and O–H groups in total. The van der Waals surface area contributed by atoms with Crippen LogP contribution in [-0.2, 0) is 13.0 Å². The van der Waals surface area contributed by atoms with Gasteiger partial charge in [0, 0.05) is 19.3 Å². The molecule has 0 bridgehead atoms. The van der Waals surface area contributed by atoms with Crippen LogP contribution in [0.15, 0.2) is 53.5 Å². The van der Waals surface area contributed by atoms with Crippen LogP contribution in [0.4, 0.5) is 0 Å². The lowest BCUT2D eigenvalue weighted by atomic mass is 10.1. The summed E-state index contributed by atoms with van der Waals surface area (Å²) in [5, 5.41) is 11.9. The molecule has 0 atom stereocenters. The number of amides is 1. The Balaban J connectivity index is 1.66. The smallest absolute Gasteiger partial charge is 0.267 e. The van der Waals surface area contributed by atoms with Crippen molar-refractivity contribution in [3.05, 3.63) is 75.6 Å². The third-order valence-electron chi connectivity index (χ3n) is 5.95. The number of aryl methyl sites for hydroxylation is 1. The maximum absolute atomic E-state index is 13.2. The molecule has 9 nitrogen and oxygen atoms in total. The van der Waals surface area contributed by atoms with Gasteiger partial charge in [-0.05, 0) is 48.7 Å². The lowest BCUT2D eigenvalue weighted by molar-refractivity contribution is 0.0951. The van der Waals surface area contributed by atoms with Gasteiger partial charge in [0.15, 0.2) is 11.5 Å². The van der Waals surface area contributed by atoms with Gasteiger partial charge in [0.1, 0.15) is 16.8 Å². The highest BCUT2D eigenvalue weighted by Crippen LogP contribution is 2.27. The van der Waals surface area contributed by atoms with Gasteiger partial charge in [-0.25, -0.2) is 4.98 Å². The van der Waals surface area contributed by atoms with Crippen molar-refractivity contribution in [2.45, 2.75) is 32.7 Å². The minimum atomic E-state index is -0.403. The maximum Gasteiger partial charge on any atom is 0.267 e. The number of rotatable bonds is 9. The number of benzene rings is 1. The first-order valence-electron chi connectivity index (χ1n) is 11.6. The Kier molecular flexibility index (Phi) is 7.14. The van der Waals surface area contributed by atoms with E-state index in [4.69, 9.17) is 14.9 Å². The third kappa shape index (κ3) is 4.75. The fourth-order valence-electron chi connectivity index (χ4n) is 4.05. The van der Waals surface area contributed by atoms with E-state index < -0.39 is 5.91 Å². The number of pyridine rings is 2. The molecule has 3 heterocycles. The normalized spacial score (nSPS) is 11.1. The van der Waals surface area contributed by atoms with E-state index in [1.54, 1.807) is 37.1 Å². The number of aromatic nitrogens is 3. The Bertz CT molecular complexity index is 1510. The molecule has 0 saturated heterocycles. The molecule has 0 spiro atoms. The summed E-state index contributed by atoms with van der Waals surface area (Å²) in [6.45, 7) is 2.90. The molecular formula is C26H29N5O4. The van der Waals surface area contributed by atoms with Crippen molar-refractivity contribution in [2.75, 3.05) is 20.8 Å². The molecule has 35 heavy (non-hydrogen) atoms. The van der Waals surface area contributed by atoms with Crippen LogP contribution in [0, 0.1) is 5.41 Å². The quantitative estimate of drug-likeness (QED) is 0.362. The first-order valence-corrected chi connectivity index (χ1v) is 11.6. The predicted octanol–water partition coefficient (Wildman–Crippen LogP) is 2.92. The minimum Gasteiger partial charge on any atom is -0.493 e. The van der Waals surface area contributed by atoms with Gasteiger partial charge >= 0.3 is 0 Å². The van der Waals surface area contributed by atoms with E-state index >= 15 is 0 Å². The second kappa shape index (κ2) is 10.4. The first kappa shape index (κ1) is 24.0. The predicted molar refractivity (Wildman–Crippen MR) is 133 cm³/mol. The summed E-state index contributed by atoms with van der Waals surface area (Å²) in [5.74, 6) is 0.857. The number of ether oxygens (including phenoxy) is 2. The van der Waals surface area contributed by atoms with Crippen LogP contribution in [0.3, 0.4) is 0 Å². The molecule has 9 heteroatoms. The fourth-order valence-corrected chi connectivity index (χ4v) is 4.05. The van der Waals surface area contributed by atoms with E-state index in [1.807, 2.05) is 24.3 Å². The summed E-state index contributed by atoms with van der Waals surface area (Å²) in [6.07, 6.45) is 3.92. The number of carbonyl (C=O) groups is 1. The molecule has 182 valence electrons. The number of hydrogen-bond donors (Lipinski definition) is 2. The maximum atomic E-state index is 13.2. The zero-order valence-corrected chi connectivity index (χ0v) is 20.1. The van der Waals surface area contributed by atoms with Crippen molar-refractivity contribution < 1.29 is 14.3 Å². The van der Waals surface area contributed by atoms with E-state index in [9.17, 15) is 9.59 Å². The first-order chi connectivity index (χ1) is 17.0. The largest absolute Gasteiger partial charge is 0.493 e. The molecule has 0 unspecified atom stereocenters. The Hall–Kier alpha value is -4.14. The van der Waals surface area contributed by atoms with Crippen molar-refractivity contribution >= 4 is 22.6 Å². The Morgan fingerprint density at radius 1 is 1.11 bits per heavy atom. The van der Waals surface area contributed by atoms with Gasteiger partial charge in [0.05, 0.1) is 25.2 Å². The van der Waals surface area contributed by atoms with Gasteiger partial charge in [-0.3, -0.25) is 19.4 Å². The van der Waals surface area contributed by atoms with Gasteiger partial charge in [-0.2, -0.15) is 0 Å². The van der Waals surface area contributed by atoms with Gasteiger partial charge in [0.2, 0.25) is 0 Å². The number of unbranched alkanes of at least 4 members (excludes halogenated alkanes) is 1. The van der Waals surface area contributed by atoms with E-state index in [0.29, 0.717) is 47.7 Å². The van der Waals surface area contributed by atoms with Crippen LogP contribution in [0.1, 0.15) is 35.7 Å². The van der Waals surface area contributed by atoms with Gasteiger partial charge < -0.3 is 19.4 Å². The van der Waals surface area contributed by atoms with Crippen molar-refractivity contribution in [1.82, 2.24) is 19.3 Å². The molecule has 0 aliphatic heterocycles. The molecule has 0 aliphatic rings. The molecule has 4 rings (SSSR count). The second-order valence-electron chi connectivity index (χ2n) is 8.19. The summed E-state index contributed by atoms with van der Waals surface area (Å²) < 4.78 is 13.7. The van der Waals surface area contributed by atoms with Crippen LogP contribution in [0.25, 0.3) is 16.7 Å². The minimum absolute atomic E-state index is 0.0433. The molecule has 0 radical (unpaired) electrons. The zero-order chi connectivity index (χ0) is 24.9. The summed E-state index contributed by atoms with van der Waals surface area (Å²) >= 11 is 0. The van der Waals surface area contributed by atoms with Crippen LogP contribution in [0.5, 0.6) is 11.5 Å². The fraction of sp³-hybridized carbons (Fsp3) is 0.308. The Morgan fingerprint density at radius 2 is 1.91 bits per heavy atom. The van der Waals surface area contributed by atoms with E-state index in [0.717, 1.165) is 18.4 Å². The standard InChI is InChI=1S/C26H29N5O4/c1-4-5-13-31-23(27)18(16-19-24(31)29-22-8-6-7-14-30(22)26(19)33)25(32)28-12-11-17-9-10-20(34-2)21(15-17)35-3/h6-10,14-16,27H,4-5,11-13H2,1-3H3,(H,28,32). The monoisotopic (exact) mass is 475 g/mol. The number of nitrogens with zero attached hydrogens (tertiary/aromatic N) is 3. The Labute approximate surface area is 202 Å². The summed E-state index contributed by atoms with van der Waals surface area (Å²) in [4.78, 5) is 30.9. The summed E-state index contributed by atoms with van der Waals surface area (Å²) in [5.41, 5.74) is 1.82. The van der Waals surface area contributed by atoms with Crippen molar-refractivity contribution in [2.24, 2.45) is 0 Å². The van der Waals surface area contributed by atoms with Gasteiger partial charge in [0.25, 0.3) is 11.5 Å².